The Morgan fingerprint density at radius 2 is 1.86 bits per heavy atom. The number of carbonyl (C=O) groups is 4. The van der Waals surface area contributed by atoms with Crippen LogP contribution in [0.2, 0.25) is 0 Å². The lowest BCUT2D eigenvalue weighted by Gasteiger charge is -2.27. The highest BCUT2D eigenvalue weighted by molar-refractivity contribution is 6.23. The molecule has 146 valence electrons. The van der Waals surface area contributed by atoms with E-state index < -0.39 is 23.8 Å². The third-order valence-corrected chi connectivity index (χ3v) is 6.58. The van der Waals surface area contributed by atoms with Crippen LogP contribution in [0.4, 0.5) is 0 Å². The molecule has 3 fully saturated rings. The molecule has 2 unspecified atom stereocenters. The molecule has 8 heteroatoms. The molecule has 8 nitrogen and oxygen atoms in total. The Morgan fingerprint density at radius 3 is 2.54 bits per heavy atom. The van der Waals surface area contributed by atoms with Gasteiger partial charge in [0.25, 0.3) is 11.8 Å². The molecule has 4 amide bonds. The van der Waals surface area contributed by atoms with Crippen molar-refractivity contribution in [1.82, 2.24) is 15.1 Å². The van der Waals surface area contributed by atoms with Gasteiger partial charge in [0.05, 0.1) is 11.1 Å². The van der Waals surface area contributed by atoms with Crippen molar-refractivity contribution >= 4 is 23.6 Å². The summed E-state index contributed by atoms with van der Waals surface area (Å²) in [7, 11) is 0. The van der Waals surface area contributed by atoms with Gasteiger partial charge in [-0.3, -0.25) is 34.3 Å². The fraction of sp³-hybridized carbons (Fsp3) is 0.500. The zero-order valence-electron chi connectivity index (χ0n) is 15.4. The van der Waals surface area contributed by atoms with Crippen LogP contribution >= 0.6 is 0 Å². The molecule has 1 aromatic carbocycles. The third-order valence-electron chi connectivity index (χ3n) is 6.58. The first kappa shape index (κ1) is 17.5. The summed E-state index contributed by atoms with van der Waals surface area (Å²) >= 11 is 0. The van der Waals surface area contributed by atoms with Crippen LogP contribution in [0, 0.1) is 5.41 Å². The number of rotatable bonds is 3. The van der Waals surface area contributed by atoms with E-state index in [2.05, 4.69) is 10.2 Å². The van der Waals surface area contributed by atoms with Gasteiger partial charge in [0.15, 0.2) is 0 Å². The van der Waals surface area contributed by atoms with Crippen molar-refractivity contribution in [2.75, 3.05) is 13.1 Å². The van der Waals surface area contributed by atoms with E-state index in [0.717, 1.165) is 23.6 Å². The molecule has 28 heavy (non-hydrogen) atoms. The smallest absolute Gasteiger partial charge is 0.262 e. The van der Waals surface area contributed by atoms with Gasteiger partial charge in [-0.1, -0.05) is 6.07 Å². The highest BCUT2D eigenvalue weighted by Crippen LogP contribution is 2.52. The maximum absolute atomic E-state index is 12.9. The zero-order chi connectivity index (χ0) is 19.6. The van der Waals surface area contributed by atoms with E-state index in [4.69, 9.17) is 5.73 Å². The van der Waals surface area contributed by atoms with Crippen molar-refractivity contribution in [3.63, 3.8) is 0 Å². The summed E-state index contributed by atoms with van der Waals surface area (Å²) in [6.45, 7) is 2.50. The van der Waals surface area contributed by atoms with Crippen LogP contribution in [0.5, 0.6) is 0 Å². The van der Waals surface area contributed by atoms with E-state index >= 15 is 0 Å². The van der Waals surface area contributed by atoms with Crippen molar-refractivity contribution in [2.24, 2.45) is 11.1 Å². The number of piperidine rings is 1. The number of amides is 4. The maximum atomic E-state index is 12.9. The SMILES string of the molecule is NC1CN(Cc2ccc3c(c2)C(=O)N(C2CCC(=O)NC2=O)C3=O)CC12CC2. The minimum absolute atomic E-state index is 0.117. The third kappa shape index (κ3) is 2.59. The molecule has 2 atom stereocenters. The molecule has 2 saturated heterocycles. The van der Waals surface area contributed by atoms with Crippen LogP contribution in [-0.4, -0.2) is 58.6 Å². The molecule has 1 spiro atoms. The second kappa shape index (κ2) is 5.96. The van der Waals surface area contributed by atoms with Crippen LogP contribution < -0.4 is 11.1 Å². The average Bonchev–Trinajstić information content (AvgIpc) is 3.31. The fourth-order valence-corrected chi connectivity index (χ4v) is 4.78. The van der Waals surface area contributed by atoms with Crippen LogP contribution in [-0.2, 0) is 16.1 Å². The van der Waals surface area contributed by atoms with Crippen molar-refractivity contribution in [3.8, 4) is 0 Å². The van der Waals surface area contributed by atoms with Gasteiger partial charge in [0.2, 0.25) is 11.8 Å². The molecule has 1 aliphatic carbocycles. The summed E-state index contributed by atoms with van der Waals surface area (Å²) < 4.78 is 0. The second-order valence-electron chi connectivity index (χ2n) is 8.47. The van der Waals surface area contributed by atoms with Crippen molar-refractivity contribution in [3.05, 3.63) is 34.9 Å². The molecular weight excluding hydrogens is 360 g/mol. The number of fused-ring (bicyclic) bond motifs is 1. The van der Waals surface area contributed by atoms with Gasteiger partial charge in [-0.2, -0.15) is 0 Å². The minimum atomic E-state index is -0.931. The monoisotopic (exact) mass is 382 g/mol. The van der Waals surface area contributed by atoms with Crippen LogP contribution in [0.3, 0.4) is 0 Å². The Bertz CT molecular complexity index is 923. The van der Waals surface area contributed by atoms with Crippen LogP contribution in [0.15, 0.2) is 18.2 Å². The number of hydrogen-bond donors (Lipinski definition) is 2. The predicted molar refractivity (Wildman–Crippen MR) is 98.0 cm³/mol. The predicted octanol–water partition coefficient (Wildman–Crippen LogP) is 0.0109. The summed E-state index contributed by atoms with van der Waals surface area (Å²) in [5.41, 5.74) is 8.15. The first-order valence-electron chi connectivity index (χ1n) is 9.70. The number of carbonyl (C=O) groups excluding carboxylic acids is 4. The van der Waals surface area contributed by atoms with E-state index in [0.29, 0.717) is 17.7 Å². The number of nitrogens with two attached hydrogens (primary N) is 1. The molecule has 0 radical (unpaired) electrons. The summed E-state index contributed by atoms with van der Waals surface area (Å²) in [5.74, 6) is -1.90. The first-order chi connectivity index (χ1) is 13.4. The second-order valence-corrected chi connectivity index (χ2v) is 8.47. The van der Waals surface area contributed by atoms with Gasteiger partial charge in [-0.15, -0.1) is 0 Å². The number of benzene rings is 1. The molecule has 0 bridgehead atoms. The van der Waals surface area contributed by atoms with Gasteiger partial charge in [-0.25, -0.2) is 0 Å². The quantitative estimate of drug-likeness (QED) is 0.712. The normalized spacial score (nSPS) is 28.8. The van der Waals surface area contributed by atoms with Gasteiger partial charge < -0.3 is 5.73 Å². The number of likely N-dealkylation sites (tertiary alicyclic amines) is 1. The lowest BCUT2D eigenvalue weighted by molar-refractivity contribution is -0.136. The van der Waals surface area contributed by atoms with Gasteiger partial charge in [0.1, 0.15) is 6.04 Å². The Morgan fingerprint density at radius 1 is 1.11 bits per heavy atom. The standard InChI is InChI=1S/C20H22N4O4/c21-15-9-23(10-20(15)5-6-20)8-11-1-2-12-13(7-11)19(28)24(18(12)27)14-3-4-16(25)22-17(14)26/h1-2,7,14-15H,3-6,8-10,21H2,(H,22,25,26). The fourth-order valence-electron chi connectivity index (χ4n) is 4.78. The average molecular weight is 382 g/mol. The van der Waals surface area contributed by atoms with Gasteiger partial charge in [-0.05, 0) is 42.4 Å². The van der Waals surface area contributed by atoms with Gasteiger partial charge in [0, 0.05) is 32.1 Å². The summed E-state index contributed by atoms with van der Waals surface area (Å²) in [5, 5.41) is 2.21. The number of nitrogens with zero attached hydrogens (tertiary/aromatic N) is 2. The highest BCUT2D eigenvalue weighted by Gasteiger charge is 2.53. The molecule has 4 aliphatic rings. The molecule has 0 aromatic heterocycles. The summed E-state index contributed by atoms with van der Waals surface area (Å²) in [6.07, 6.45) is 2.65. The molecular formula is C20H22N4O4. The molecule has 1 aromatic rings. The van der Waals surface area contributed by atoms with Crippen LogP contribution in [0.1, 0.15) is 52.0 Å². The van der Waals surface area contributed by atoms with Gasteiger partial charge >= 0.3 is 0 Å². The lowest BCUT2D eigenvalue weighted by atomic mass is 10.0. The number of nitrogens with one attached hydrogen (secondary N) is 1. The topological polar surface area (TPSA) is 113 Å². The zero-order valence-corrected chi connectivity index (χ0v) is 15.4. The van der Waals surface area contributed by atoms with E-state index in [1.807, 2.05) is 6.07 Å². The largest absolute Gasteiger partial charge is 0.326 e. The summed E-state index contributed by atoms with van der Waals surface area (Å²) in [4.78, 5) is 52.4. The van der Waals surface area contributed by atoms with E-state index in [1.54, 1.807) is 12.1 Å². The lowest BCUT2D eigenvalue weighted by Crippen LogP contribution is -2.54. The Balaban J connectivity index is 1.36. The summed E-state index contributed by atoms with van der Waals surface area (Å²) in [6, 6.07) is 4.55. The molecule has 3 heterocycles. The minimum Gasteiger partial charge on any atom is -0.326 e. The number of hydrogen-bond acceptors (Lipinski definition) is 6. The molecule has 1 saturated carbocycles. The van der Waals surface area contributed by atoms with Crippen molar-refractivity contribution < 1.29 is 19.2 Å². The Labute approximate surface area is 162 Å². The van der Waals surface area contributed by atoms with Crippen molar-refractivity contribution in [1.29, 1.82) is 0 Å². The van der Waals surface area contributed by atoms with E-state index in [9.17, 15) is 19.2 Å². The molecule has 3 aliphatic heterocycles. The van der Waals surface area contributed by atoms with E-state index in [1.165, 1.54) is 12.8 Å². The van der Waals surface area contributed by atoms with Crippen molar-refractivity contribution in [2.45, 2.75) is 44.3 Å². The molecule has 5 rings (SSSR count). The maximum Gasteiger partial charge on any atom is 0.262 e. The Hall–Kier alpha value is -2.58. The highest BCUT2D eigenvalue weighted by atomic mass is 16.2. The number of imide groups is 2. The molecule has 3 N–H and O–H groups in total. The Kier molecular flexibility index (Phi) is 3.73. The first-order valence-corrected chi connectivity index (χ1v) is 9.70. The van der Waals surface area contributed by atoms with Crippen LogP contribution in [0.25, 0.3) is 0 Å². The van der Waals surface area contributed by atoms with E-state index in [-0.39, 0.29) is 30.2 Å².